The van der Waals surface area contributed by atoms with Gasteiger partial charge in [-0.05, 0) is 23.9 Å². The molecule has 2 fully saturated rings. The van der Waals surface area contributed by atoms with Crippen LogP contribution in [0.1, 0.15) is 28.1 Å². The number of thiophene rings is 1. The van der Waals surface area contributed by atoms with Gasteiger partial charge < -0.3 is 9.80 Å². The highest BCUT2D eigenvalue weighted by molar-refractivity contribution is 7.93. The zero-order chi connectivity index (χ0) is 16.1. The fraction of sp³-hybridized carbons (Fsp3) is 0.571. The Morgan fingerprint density at radius 1 is 1.32 bits per heavy atom. The number of sulfone groups is 1. The highest BCUT2D eigenvalue weighted by Gasteiger charge is 2.57. The molecule has 0 bridgehead atoms. The molecule has 0 unspecified atom stereocenters. The van der Waals surface area contributed by atoms with Crippen LogP contribution in [-0.2, 0) is 14.6 Å². The van der Waals surface area contributed by atoms with Gasteiger partial charge in [0, 0.05) is 33.0 Å². The Kier molecular flexibility index (Phi) is 3.56. The predicted octanol–water partition coefficient (Wildman–Crippen LogP) is 0.876. The zero-order valence-electron chi connectivity index (χ0n) is 12.5. The fourth-order valence-corrected chi connectivity index (χ4v) is 6.27. The first-order chi connectivity index (χ1) is 10.3. The van der Waals surface area contributed by atoms with Gasteiger partial charge in [0.25, 0.3) is 5.91 Å². The first-order valence-corrected chi connectivity index (χ1v) is 9.64. The number of hydrogen-bond acceptors (Lipinski definition) is 5. The van der Waals surface area contributed by atoms with Crippen molar-refractivity contribution in [2.45, 2.75) is 24.6 Å². The summed E-state index contributed by atoms with van der Waals surface area (Å²) in [6.07, 6.45) is 0.571. The average Bonchev–Trinajstić information content (AvgIpc) is 2.96. The van der Waals surface area contributed by atoms with Crippen molar-refractivity contribution in [1.82, 2.24) is 9.80 Å². The molecule has 0 aliphatic carbocycles. The van der Waals surface area contributed by atoms with Crippen molar-refractivity contribution in [2.75, 3.05) is 25.9 Å². The molecule has 3 rings (SSSR count). The molecule has 1 aromatic heterocycles. The standard InChI is InChI=1S/C14H18N2O4S2/c1-10-3-8-21-12(10)13(18)16-6-4-14(5-7-16)15(2)11(17)9-22(14,19)20/h3,8H,4-7,9H2,1-2H3. The van der Waals surface area contributed by atoms with E-state index >= 15 is 0 Å². The van der Waals surface area contributed by atoms with Crippen molar-refractivity contribution in [1.29, 1.82) is 0 Å². The van der Waals surface area contributed by atoms with Gasteiger partial charge in [0.2, 0.25) is 5.91 Å². The third-order valence-electron chi connectivity index (χ3n) is 4.77. The lowest BCUT2D eigenvalue weighted by Crippen LogP contribution is -2.55. The van der Waals surface area contributed by atoms with E-state index in [0.717, 1.165) is 5.56 Å². The number of nitrogens with zero attached hydrogens (tertiary/aromatic N) is 2. The van der Waals surface area contributed by atoms with Crippen LogP contribution >= 0.6 is 11.3 Å². The molecule has 0 radical (unpaired) electrons. The Bertz CT molecular complexity index is 730. The summed E-state index contributed by atoms with van der Waals surface area (Å²) >= 11 is 1.40. The molecule has 8 heteroatoms. The van der Waals surface area contributed by atoms with Crippen LogP contribution in [0.5, 0.6) is 0 Å². The van der Waals surface area contributed by atoms with Crippen molar-refractivity contribution >= 4 is 33.0 Å². The number of carbonyl (C=O) groups is 2. The van der Waals surface area contributed by atoms with Gasteiger partial charge in [0.05, 0.1) is 4.88 Å². The molecule has 2 aliphatic heterocycles. The van der Waals surface area contributed by atoms with E-state index in [1.165, 1.54) is 16.2 Å². The van der Waals surface area contributed by atoms with Crippen LogP contribution in [0.4, 0.5) is 0 Å². The molecule has 3 heterocycles. The van der Waals surface area contributed by atoms with E-state index in [2.05, 4.69) is 0 Å². The number of likely N-dealkylation sites (tertiary alicyclic amines) is 1. The average molecular weight is 342 g/mol. The van der Waals surface area contributed by atoms with E-state index in [1.807, 2.05) is 18.4 Å². The third-order valence-corrected chi connectivity index (χ3v) is 8.24. The molecule has 1 aromatic rings. The van der Waals surface area contributed by atoms with Crippen molar-refractivity contribution in [3.05, 3.63) is 21.9 Å². The van der Waals surface area contributed by atoms with E-state index in [9.17, 15) is 18.0 Å². The molecule has 0 atom stereocenters. The van der Waals surface area contributed by atoms with Gasteiger partial charge in [0.1, 0.15) is 10.6 Å². The summed E-state index contributed by atoms with van der Waals surface area (Å²) in [4.78, 5) is 26.9. The third kappa shape index (κ3) is 2.08. The van der Waals surface area contributed by atoms with Crippen LogP contribution in [0.25, 0.3) is 0 Å². The number of amides is 2. The largest absolute Gasteiger partial charge is 0.338 e. The minimum absolute atomic E-state index is 0.0493. The van der Waals surface area contributed by atoms with Crippen LogP contribution in [0.3, 0.4) is 0 Å². The van der Waals surface area contributed by atoms with Crippen LogP contribution in [0.2, 0.25) is 0 Å². The number of aryl methyl sites for hydroxylation is 1. The quantitative estimate of drug-likeness (QED) is 0.759. The number of rotatable bonds is 1. The van der Waals surface area contributed by atoms with E-state index in [4.69, 9.17) is 0 Å². The Labute approximate surface area is 133 Å². The molecule has 1 spiro atoms. The Morgan fingerprint density at radius 3 is 2.41 bits per heavy atom. The van der Waals surface area contributed by atoms with Crippen molar-refractivity contribution in [2.24, 2.45) is 0 Å². The van der Waals surface area contributed by atoms with Gasteiger partial charge >= 0.3 is 0 Å². The molecule has 2 amide bonds. The number of carbonyl (C=O) groups excluding carboxylic acids is 2. The lowest BCUT2D eigenvalue weighted by molar-refractivity contribution is -0.129. The summed E-state index contributed by atoms with van der Waals surface area (Å²) in [6, 6.07) is 1.90. The molecule has 6 nitrogen and oxygen atoms in total. The van der Waals surface area contributed by atoms with Gasteiger partial charge in [-0.15, -0.1) is 11.3 Å². The van der Waals surface area contributed by atoms with Gasteiger partial charge in [-0.1, -0.05) is 0 Å². The van der Waals surface area contributed by atoms with E-state index in [1.54, 1.807) is 11.9 Å². The first-order valence-electron chi connectivity index (χ1n) is 7.11. The van der Waals surface area contributed by atoms with Gasteiger partial charge in [-0.25, -0.2) is 8.42 Å². The van der Waals surface area contributed by atoms with Crippen LogP contribution < -0.4 is 0 Å². The fourth-order valence-electron chi connectivity index (χ4n) is 3.27. The molecule has 0 saturated carbocycles. The second kappa shape index (κ2) is 5.06. The first kappa shape index (κ1) is 15.5. The molecule has 2 aliphatic rings. The topological polar surface area (TPSA) is 74.8 Å². The van der Waals surface area contributed by atoms with E-state index in [-0.39, 0.29) is 24.7 Å². The summed E-state index contributed by atoms with van der Waals surface area (Å²) in [7, 11) is -1.93. The van der Waals surface area contributed by atoms with Crippen LogP contribution in [0.15, 0.2) is 11.4 Å². The Morgan fingerprint density at radius 2 is 1.95 bits per heavy atom. The van der Waals surface area contributed by atoms with Crippen molar-refractivity contribution < 1.29 is 18.0 Å². The lowest BCUT2D eigenvalue weighted by atomic mass is 10.0. The normalized spacial score (nSPS) is 23.3. The summed E-state index contributed by atoms with van der Waals surface area (Å²) in [6.45, 7) is 2.60. The maximum atomic E-state index is 12.5. The smallest absolute Gasteiger partial charge is 0.264 e. The summed E-state index contributed by atoms with van der Waals surface area (Å²) in [5.41, 5.74) is 0.941. The molecule has 2 saturated heterocycles. The van der Waals surface area contributed by atoms with Gasteiger partial charge in [-0.3, -0.25) is 9.59 Å². The summed E-state index contributed by atoms with van der Waals surface area (Å²) in [5.74, 6) is -0.817. The molecule has 0 N–H and O–H groups in total. The number of hydrogen-bond donors (Lipinski definition) is 0. The van der Waals surface area contributed by atoms with Gasteiger partial charge in [0.15, 0.2) is 9.84 Å². The maximum absolute atomic E-state index is 12.5. The molecular weight excluding hydrogens is 324 g/mol. The van der Waals surface area contributed by atoms with Crippen LogP contribution in [0, 0.1) is 6.92 Å². The highest BCUT2D eigenvalue weighted by Crippen LogP contribution is 2.39. The maximum Gasteiger partial charge on any atom is 0.264 e. The second-order valence-electron chi connectivity index (χ2n) is 5.88. The molecule has 120 valence electrons. The second-order valence-corrected chi connectivity index (χ2v) is 9.08. The molecule has 22 heavy (non-hydrogen) atoms. The predicted molar refractivity (Wildman–Crippen MR) is 83.5 cm³/mol. The minimum atomic E-state index is -3.48. The molecular formula is C14H18N2O4S2. The van der Waals surface area contributed by atoms with E-state index < -0.39 is 20.5 Å². The molecule has 0 aromatic carbocycles. The Hall–Kier alpha value is -1.41. The number of piperidine rings is 1. The highest BCUT2D eigenvalue weighted by atomic mass is 32.2. The van der Waals surface area contributed by atoms with Crippen molar-refractivity contribution in [3.8, 4) is 0 Å². The minimum Gasteiger partial charge on any atom is -0.338 e. The summed E-state index contributed by atoms with van der Waals surface area (Å²) < 4.78 is 24.7. The zero-order valence-corrected chi connectivity index (χ0v) is 14.2. The van der Waals surface area contributed by atoms with Crippen LogP contribution in [-0.4, -0.2) is 60.8 Å². The monoisotopic (exact) mass is 342 g/mol. The van der Waals surface area contributed by atoms with E-state index in [0.29, 0.717) is 18.0 Å². The van der Waals surface area contributed by atoms with Gasteiger partial charge in [-0.2, -0.15) is 0 Å². The summed E-state index contributed by atoms with van der Waals surface area (Å²) in [5, 5.41) is 1.88. The lowest BCUT2D eigenvalue weighted by Gasteiger charge is -2.41. The SMILES string of the molecule is Cc1ccsc1C(=O)N1CCC2(CC1)N(C)C(=O)CS2(=O)=O. The Balaban J connectivity index is 1.80. The van der Waals surface area contributed by atoms with Crippen molar-refractivity contribution in [3.63, 3.8) is 0 Å².